The summed E-state index contributed by atoms with van der Waals surface area (Å²) < 4.78 is 1.19. The van der Waals surface area contributed by atoms with E-state index in [-0.39, 0.29) is 12.4 Å². The summed E-state index contributed by atoms with van der Waals surface area (Å²) in [5, 5.41) is 0. The van der Waals surface area contributed by atoms with Crippen molar-refractivity contribution in [3.63, 3.8) is 0 Å². The maximum atomic E-state index is 3.92. The highest BCUT2D eigenvalue weighted by Gasteiger charge is 2.17. The first kappa shape index (κ1) is 25.2. The number of likely N-dealkylation sites (N-methyl/N-ethyl adjacent to an activating group) is 1. The molecule has 0 aliphatic rings. The van der Waals surface area contributed by atoms with Gasteiger partial charge in [-0.15, -0.1) is 0 Å². The molecule has 0 saturated carbocycles. The van der Waals surface area contributed by atoms with Crippen molar-refractivity contribution in [3.05, 3.63) is 12.7 Å². The predicted octanol–water partition coefficient (Wildman–Crippen LogP) is 3.73. The van der Waals surface area contributed by atoms with Crippen molar-refractivity contribution in [2.24, 2.45) is 0 Å². The predicted molar refractivity (Wildman–Crippen MR) is 102 cm³/mol. The van der Waals surface area contributed by atoms with Crippen LogP contribution >= 0.6 is 0 Å². The molecule has 1 nitrogen and oxygen atoms in total. The molecule has 23 heavy (non-hydrogen) atoms. The average molecular weight is 346 g/mol. The van der Waals surface area contributed by atoms with E-state index in [0.717, 1.165) is 6.54 Å². The fourth-order valence-electron chi connectivity index (χ4n) is 3.48. The molecule has 2 heteroatoms. The smallest absolute Gasteiger partial charge is 0.0969 e. The molecule has 0 aromatic carbocycles. The van der Waals surface area contributed by atoms with E-state index in [4.69, 9.17) is 0 Å². The molecule has 0 spiro atoms. The van der Waals surface area contributed by atoms with Crippen molar-refractivity contribution in [1.29, 1.82) is 0 Å². The number of rotatable bonds is 17. The second-order valence-electron chi connectivity index (χ2n) is 7.43. The topological polar surface area (TPSA) is 0 Å². The van der Waals surface area contributed by atoms with E-state index in [9.17, 15) is 0 Å². The number of unbranched alkanes of at least 4 members (excludes halogenated alkanes) is 11. The summed E-state index contributed by atoms with van der Waals surface area (Å²) in [5.41, 5.74) is 0. The summed E-state index contributed by atoms with van der Waals surface area (Å²) in [7, 11) is 2.39. The second kappa shape index (κ2) is 18.3. The van der Waals surface area contributed by atoms with Gasteiger partial charge in [0.25, 0.3) is 0 Å². The lowest BCUT2D eigenvalue weighted by molar-refractivity contribution is -0.904. The van der Waals surface area contributed by atoms with E-state index in [2.05, 4.69) is 33.6 Å². The molecule has 0 rings (SSSR count). The molecule has 0 aromatic heterocycles. The first-order valence-corrected chi connectivity index (χ1v) is 10.1. The minimum absolute atomic E-state index is 0. The number of halogens is 1. The molecule has 0 fully saturated rings. The summed E-state index contributed by atoms with van der Waals surface area (Å²) in [6.07, 6.45) is 20.6. The van der Waals surface area contributed by atoms with Crippen LogP contribution in [0.5, 0.6) is 0 Å². The SMILES string of the molecule is C=CC[N+](C)(CCC)CCCCCCCCCCCCCC.[Cl-]. The zero-order valence-electron chi connectivity index (χ0n) is 16.4. The molecule has 0 saturated heterocycles. The van der Waals surface area contributed by atoms with Gasteiger partial charge >= 0.3 is 0 Å². The van der Waals surface area contributed by atoms with Crippen molar-refractivity contribution in [3.8, 4) is 0 Å². The fourth-order valence-corrected chi connectivity index (χ4v) is 3.48. The Bertz CT molecular complexity index is 242. The van der Waals surface area contributed by atoms with E-state index < -0.39 is 0 Å². The molecule has 1 unspecified atom stereocenters. The quantitative estimate of drug-likeness (QED) is 0.214. The number of hydrogen-bond donors (Lipinski definition) is 0. The Hall–Kier alpha value is -0.0100. The van der Waals surface area contributed by atoms with Gasteiger partial charge in [-0.1, -0.05) is 84.6 Å². The summed E-state index contributed by atoms with van der Waals surface area (Å²) in [4.78, 5) is 0. The van der Waals surface area contributed by atoms with Gasteiger partial charge < -0.3 is 16.9 Å². The molecule has 0 N–H and O–H groups in total. The van der Waals surface area contributed by atoms with E-state index in [0.29, 0.717) is 0 Å². The van der Waals surface area contributed by atoms with E-state index in [1.807, 2.05) is 0 Å². The third-order valence-corrected chi connectivity index (χ3v) is 4.88. The Labute approximate surface area is 153 Å². The standard InChI is InChI=1S/C21H44N.ClH/c1-5-8-9-10-11-12-13-14-15-16-17-18-21-22(4,19-6-2)20-7-3;/h6H,2,5,7-21H2,1,3-4H3;1H/q+1;/p-1. The molecule has 140 valence electrons. The van der Waals surface area contributed by atoms with Gasteiger partial charge in [0.15, 0.2) is 0 Å². The van der Waals surface area contributed by atoms with Crippen molar-refractivity contribution in [1.82, 2.24) is 0 Å². The molecule has 0 bridgehead atoms. The second-order valence-corrected chi connectivity index (χ2v) is 7.43. The molecule has 0 radical (unpaired) electrons. The van der Waals surface area contributed by atoms with Crippen molar-refractivity contribution in [2.45, 2.75) is 97.3 Å². The summed E-state index contributed by atoms with van der Waals surface area (Å²) >= 11 is 0. The van der Waals surface area contributed by atoms with E-state index >= 15 is 0 Å². The van der Waals surface area contributed by atoms with Crippen LogP contribution in [-0.4, -0.2) is 31.2 Å². The largest absolute Gasteiger partial charge is 1.00 e. The van der Waals surface area contributed by atoms with Crippen LogP contribution in [0.4, 0.5) is 0 Å². The van der Waals surface area contributed by atoms with Crippen LogP contribution in [0.3, 0.4) is 0 Å². The maximum Gasteiger partial charge on any atom is 0.0969 e. The monoisotopic (exact) mass is 345 g/mol. The van der Waals surface area contributed by atoms with Gasteiger partial charge in [0.1, 0.15) is 0 Å². The van der Waals surface area contributed by atoms with Gasteiger partial charge in [0, 0.05) is 0 Å². The van der Waals surface area contributed by atoms with Gasteiger partial charge in [-0.3, -0.25) is 0 Å². The summed E-state index contributed by atoms with van der Waals surface area (Å²) in [6.45, 7) is 12.3. The molecular formula is C21H44ClN. The molecule has 0 aliphatic heterocycles. The minimum Gasteiger partial charge on any atom is -1.00 e. The number of quaternary nitrogens is 1. The molecule has 0 aliphatic carbocycles. The van der Waals surface area contributed by atoms with Crippen LogP contribution < -0.4 is 12.4 Å². The highest BCUT2D eigenvalue weighted by Crippen LogP contribution is 2.13. The zero-order chi connectivity index (χ0) is 16.5. The fraction of sp³-hybridized carbons (Fsp3) is 0.905. The molecule has 0 amide bonds. The first-order valence-electron chi connectivity index (χ1n) is 10.1. The average Bonchev–Trinajstić information content (AvgIpc) is 2.49. The lowest BCUT2D eigenvalue weighted by atomic mass is 10.1. The van der Waals surface area contributed by atoms with Gasteiger partial charge in [-0.2, -0.15) is 0 Å². The zero-order valence-corrected chi connectivity index (χ0v) is 17.2. The Morgan fingerprint density at radius 2 is 1.09 bits per heavy atom. The van der Waals surface area contributed by atoms with Gasteiger partial charge in [0.2, 0.25) is 0 Å². The highest BCUT2D eigenvalue weighted by molar-refractivity contribution is 4.65. The van der Waals surface area contributed by atoms with Crippen LogP contribution in [0, 0.1) is 0 Å². The normalized spacial score (nSPS) is 13.3. The van der Waals surface area contributed by atoms with Crippen LogP contribution in [0.2, 0.25) is 0 Å². The number of hydrogen-bond acceptors (Lipinski definition) is 0. The van der Waals surface area contributed by atoms with Gasteiger partial charge in [0.05, 0.1) is 26.7 Å². The number of nitrogens with zero attached hydrogens (tertiary/aromatic N) is 1. The Morgan fingerprint density at radius 1 is 0.652 bits per heavy atom. The third-order valence-electron chi connectivity index (χ3n) is 4.88. The molecule has 0 aromatic rings. The van der Waals surface area contributed by atoms with Crippen molar-refractivity contribution < 1.29 is 16.9 Å². The molecule has 1 atom stereocenters. The minimum atomic E-state index is 0. The molecule has 0 heterocycles. The third kappa shape index (κ3) is 16.6. The highest BCUT2D eigenvalue weighted by atomic mass is 35.5. The first-order chi connectivity index (χ1) is 10.7. The van der Waals surface area contributed by atoms with Crippen LogP contribution in [0.1, 0.15) is 97.3 Å². The van der Waals surface area contributed by atoms with Crippen molar-refractivity contribution in [2.75, 3.05) is 26.7 Å². The maximum absolute atomic E-state index is 3.92. The van der Waals surface area contributed by atoms with Crippen LogP contribution in [0.15, 0.2) is 12.7 Å². The van der Waals surface area contributed by atoms with Crippen molar-refractivity contribution >= 4 is 0 Å². The van der Waals surface area contributed by atoms with E-state index in [1.54, 1.807) is 0 Å². The summed E-state index contributed by atoms with van der Waals surface area (Å²) in [6, 6.07) is 0. The van der Waals surface area contributed by atoms with Crippen LogP contribution in [-0.2, 0) is 0 Å². The van der Waals surface area contributed by atoms with Crippen LogP contribution in [0.25, 0.3) is 0 Å². The van der Waals surface area contributed by atoms with Gasteiger partial charge in [-0.25, -0.2) is 0 Å². The Morgan fingerprint density at radius 3 is 1.48 bits per heavy atom. The lowest BCUT2D eigenvalue weighted by Gasteiger charge is -2.33. The summed E-state index contributed by atoms with van der Waals surface area (Å²) in [5.74, 6) is 0. The Balaban J connectivity index is 0. The Kier molecular flexibility index (Phi) is 20.1. The molecular weight excluding hydrogens is 302 g/mol. The van der Waals surface area contributed by atoms with Gasteiger partial charge in [-0.05, 0) is 25.3 Å². The lowest BCUT2D eigenvalue weighted by Crippen LogP contribution is -3.00. The van der Waals surface area contributed by atoms with E-state index in [1.165, 1.54) is 101 Å².